The quantitative estimate of drug-likeness (QED) is 0.722. The Labute approximate surface area is 112 Å². The number of carbonyl (C=O) groups excluding carboxylic acids is 2. The molecule has 1 N–H and O–H groups in total. The maximum absolute atomic E-state index is 12.2. The van der Waals surface area contributed by atoms with Crippen LogP contribution in [-0.2, 0) is 19.1 Å². The van der Waals surface area contributed by atoms with Gasteiger partial charge >= 0.3 is 5.97 Å². The molecule has 5 nitrogen and oxygen atoms in total. The van der Waals surface area contributed by atoms with E-state index in [1.807, 2.05) is 6.92 Å². The van der Waals surface area contributed by atoms with Crippen LogP contribution in [0.2, 0.25) is 0 Å². The van der Waals surface area contributed by atoms with Gasteiger partial charge in [0.05, 0.1) is 12.0 Å². The molecular formula is C14H19NO4. The summed E-state index contributed by atoms with van der Waals surface area (Å²) >= 11 is 0. The van der Waals surface area contributed by atoms with Crippen molar-refractivity contribution in [3.8, 4) is 0 Å². The Morgan fingerprint density at radius 3 is 2.89 bits per heavy atom. The second kappa shape index (κ2) is 4.34. The maximum Gasteiger partial charge on any atom is 0.336 e. The van der Waals surface area contributed by atoms with Crippen molar-refractivity contribution in [3.05, 3.63) is 11.6 Å². The molecule has 4 unspecified atom stereocenters. The predicted molar refractivity (Wildman–Crippen MR) is 67.0 cm³/mol. The first-order valence-corrected chi connectivity index (χ1v) is 6.95. The summed E-state index contributed by atoms with van der Waals surface area (Å²) in [6.07, 6.45) is 4.07. The number of rotatable bonds is 1. The Kier molecular flexibility index (Phi) is 2.89. The molecule has 0 aromatic carbocycles. The minimum Gasteiger partial charge on any atom is -0.425 e. The fraction of sp³-hybridized carbons (Fsp3) is 0.714. The molecule has 0 aromatic rings. The third-order valence-corrected chi connectivity index (χ3v) is 4.39. The number of fused-ring (bicyclic) bond motifs is 1. The molecule has 2 fully saturated rings. The first-order valence-electron chi connectivity index (χ1n) is 6.95. The normalized spacial score (nSPS) is 41.6. The van der Waals surface area contributed by atoms with Crippen molar-refractivity contribution in [2.75, 3.05) is 6.54 Å². The highest BCUT2D eigenvalue weighted by Crippen LogP contribution is 2.49. The molecule has 1 amide bonds. The number of esters is 1. The van der Waals surface area contributed by atoms with Gasteiger partial charge in [-0.15, -0.1) is 0 Å². The van der Waals surface area contributed by atoms with Gasteiger partial charge in [0.25, 0.3) is 0 Å². The average molecular weight is 265 g/mol. The summed E-state index contributed by atoms with van der Waals surface area (Å²) < 4.78 is 11.5. The lowest BCUT2D eigenvalue weighted by Gasteiger charge is -2.28. The van der Waals surface area contributed by atoms with Gasteiger partial charge in [0.1, 0.15) is 0 Å². The minimum absolute atomic E-state index is 0.0280. The van der Waals surface area contributed by atoms with E-state index in [2.05, 4.69) is 5.32 Å². The predicted octanol–water partition coefficient (Wildman–Crippen LogP) is 1.14. The summed E-state index contributed by atoms with van der Waals surface area (Å²) in [4.78, 5) is 23.9. The molecule has 0 aliphatic carbocycles. The largest absolute Gasteiger partial charge is 0.425 e. The van der Waals surface area contributed by atoms with E-state index in [1.54, 1.807) is 13.0 Å². The van der Waals surface area contributed by atoms with E-state index < -0.39 is 5.79 Å². The van der Waals surface area contributed by atoms with Crippen molar-refractivity contribution in [1.29, 1.82) is 0 Å². The van der Waals surface area contributed by atoms with Gasteiger partial charge in [-0.25, -0.2) is 4.79 Å². The van der Waals surface area contributed by atoms with Crippen molar-refractivity contribution >= 4 is 11.9 Å². The second-order valence-electron chi connectivity index (χ2n) is 5.57. The lowest BCUT2D eigenvalue weighted by atomic mass is 9.82. The zero-order valence-corrected chi connectivity index (χ0v) is 11.3. The van der Waals surface area contributed by atoms with E-state index in [-0.39, 0.29) is 29.8 Å². The van der Waals surface area contributed by atoms with E-state index in [0.29, 0.717) is 12.1 Å². The van der Waals surface area contributed by atoms with Gasteiger partial charge in [-0.3, -0.25) is 4.79 Å². The number of nitrogens with one attached hydrogen (secondary N) is 1. The Balaban J connectivity index is 1.97. The number of amides is 1. The lowest BCUT2D eigenvalue weighted by molar-refractivity contribution is -0.204. The van der Waals surface area contributed by atoms with Crippen LogP contribution in [0.3, 0.4) is 0 Å². The van der Waals surface area contributed by atoms with Gasteiger partial charge in [0.2, 0.25) is 11.7 Å². The van der Waals surface area contributed by atoms with Crippen molar-refractivity contribution in [1.82, 2.24) is 5.32 Å². The standard InChI is InChI=1S/C14H19NO4/c1-3-9-11-10(5-4-6-15-12(11)16)18-14(9)7-8(2)13(17)19-14/h7,9-11H,3-6H2,1-2H3,(H,15,16). The van der Waals surface area contributed by atoms with Crippen LogP contribution >= 0.6 is 0 Å². The third-order valence-electron chi connectivity index (χ3n) is 4.39. The Morgan fingerprint density at radius 2 is 2.26 bits per heavy atom. The van der Waals surface area contributed by atoms with Gasteiger partial charge in [0, 0.05) is 18.0 Å². The van der Waals surface area contributed by atoms with Gasteiger partial charge in [-0.1, -0.05) is 6.92 Å². The molecule has 3 aliphatic heterocycles. The van der Waals surface area contributed by atoms with Crippen LogP contribution in [-0.4, -0.2) is 30.3 Å². The van der Waals surface area contributed by atoms with Crippen LogP contribution in [0, 0.1) is 11.8 Å². The molecule has 0 aromatic heterocycles. The maximum atomic E-state index is 12.2. The topological polar surface area (TPSA) is 64.6 Å². The second-order valence-corrected chi connectivity index (χ2v) is 5.57. The molecule has 5 heteroatoms. The highest BCUT2D eigenvalue weighted by Gasteiger charge is 2.60. The zero-order chi connectivity index (χ0) is 13.6. The molecule has 0 radical (unpaired) electrons. The van der Waals surface area contributed by atoms with Crippen LogP contribution < -0.4 is 5.32 Å². The van der Waals surface area contributed by atoms with E-state index in [9.17, 15) is 9.59 Å². The summed E-state index contributed by atoms with van der Waals surface area (Å²) in [6, 6.07) is 0. The summed E-state index contributed by atoms with van der Waals surface area (Å²) in [6.45, 7) is 4.43. The molecule has 4 atom stereocenters. The van der Waals surface area contributed by atoms with E-state index in [0.717, 1.165) is 19.3 Å². The lowest BCUT2D eigenvalue weighted by Crippen LogP contribution is -2.40. The fourth-order valence-electron chi connectivity index (χ4n) is 3.52. The van der Waals surface area contributed by atoms with E-state index >= 15 is 0 Å². The molecular weight excluding hydrogens is 246 g/mol. The van der Waals surface area contributed by atoms with Crippen molar-refractivity contribution in [3.63, 3.8) is 0 Å². The number of hydrogen-bond acceptors (Lipinski definition) is 4. The number of hydrogen-bond donors (Lipinski definition) is 1. The molecule has 3 rings (SSSR count). The summed E-state index contributed by atoms with van der Waals surface area (Å²) in [5, 5.41) is 2.93. The first kappa shape index (κ1) is 12.7. The van der Waals surface area contributed by atoms with Gasteiger partial charge in [-0.05, 0) is 32.3 Å². The SMILES string of the molecule is CCC1C2C(=O)NCCCC2OC12C=C(C)C(=O)O2. The molecule has 1 spiro atoms. The summed E-state index contributed by atoms with van der Waals surface area (Å²) in [7, 11) is 0. The third kappa shape index (κ3) is 1.79. The zero-order valence-electron chi connectivity index (χ0n) is 11.3. The van der Waals surface area contributed by atoms with Crippen LogP contribution in [0.4, 0.5) is 0 Å². The van der Waals surface area contributed by atoms with Crippen molar-refractivity contribution < 1.29 is 19.1 Å². The fourth-order valence-corrected chi connectivity index (χ4v) is 3.52. The van der Waals surface area contributed by atoms with Crippen molar-refractivity contribution in [2.24, 2.45) is 11.8 Å². The number of ether oxygens (including phenoxy) is 2. The smallest absolute Gasteiger partial charge is 0.336 e. The molecule has 3 aliphatic rings. The van der Waals surface area contributed by atoms with Crippen LogP contribution in [0.25, 0.3) is 0 Å². The highest BCUT2D eigenvalue weighted by molar-refractivity contribution is 5.91. The Morgan fingerprint density at radius 1 is 1.47 bits per heavy atom. The van der Waals surface area contributed by atoms with Crippen LogP contribution in [0.5, 0.6) is 0 Å². The molecule has 19 heavy (non-hydrogen) atoms. The van der Waals surface area contributed by atoms with Crippen LogP contribution in [0.1, 0.15) is 33.1 Å². The summed E-state index contributed by atoms with van der Waals surface area (Å²) in [5.74, 6) is -1.64. The molecule has 2 saturated heterocycles. The first-order chi connectivity index (χ1) is 9.07. The summed E-state index contributed by atoms with van der Waals surface area (Å²) in [5.41, 5.74) is 0.565. The van der Waals surface area contributed by atoms with E-state index in [1.165, 1.54) is 0 Å². The Hall–Kier alpha value is -1.36. The van der Waals surface area contributed by atoms with Crippen molar-refractivity contribution in [2.45, 2.75) is 45.0 Å². The molecule has 0 saturated carbocycles. The average Bonchev–Trinajstić information content (AvgIpc) is 2.75. The minimum atomic E-state index is -1.01. The van der Waals surface area contributed by atoms with Gasteiger partial charge in [0.15, 0.2) is 0 Å². The van der Waals surface area contributed by atoms with E-state index in [4.69, 9.17) is 9.47 Å². The highest BCUT2D eigenvalue weighted by atomic mass is 16.7. The molecule has 0 bridgehead atoms. The molecule has 104 valence electrons. The van der Waals surface area contributed by atoms with Crippen LogP contribution in [0.15, 0.2) is 11.6 Å². The van der Waals surface area contributed by atoms with Gasteiger partial charge in [-0.2, -0.15) is 0 Å². The Bertz CT molecular complexity index is 458. The number of carbonyl (C=O) groups is 2. The van der Waals surface area contributed by atoms with Gasteiger partial charge < -0.3 is 14.8 Å². The molecule has 3 heterocycles. The monoisotopic (exact) mass is 265 g/mol.